The number of carbonyl (C=O) groups is 2. The Bertz CT molecular complexity index is 2720. The topological polar surface area (TPSA) is 132 Å². The number of hydrogen-bond donors (Lipinski definition) is 0. The van der Waals surface area contributed by atoms with E-state index in [0.29, 0.717) is 29.4 Å². The summed E-state index contributed by atoms with van der Waals surface area (Å²) in [5, 5.41) is 13.8. The number of imidazole rings is 1. The molecule has 0 spiro atoms. The van der Waals surface area contributed by atoms with Crippen molar-refractivity contribution in [2.24, 2.45) is 0 Å². The van der Waals surface area contributed by atoms with Crippen molar-refractivity contribution in [3.05, 3.63) is 186 Å². The Labute approximate surface area is 365 Å². The second kappa shape index (κ2) is 18.2. The average molecular weight is 839 g/mol. The fourth-order valence-electron chi connectivity index (χ4n) is 8.74. The van der Waals surface area contributed by atoms with E-state index in [0.717, 1.165) is 71.0 Å². The summed E-state index contributed by atoms with van der Waals surface area (Å²) in [4.78, 5) is 30.8. The van der Waals surface area contributed by atoms with Crippen LogP contribution in [0.1, 0.15) is 71.6 Å². The molecular formula is C51H46N6O6. The van der Waals surface area contributed by atoms with Crippen molar-refractivity contribution >= 4 is 23.2 Å². The van der Waals surface area contributed by atoms with Gasteiger partial charge in [-0.3, -0.25) is 4.57 Å². The van der Waals surface area contributed by atoms with Gasteiger partial charge in [-0.2, -0.15) is 4.98 Å². The van der Waals surface area contributed by atoms with Gasteiger partial charge in [0.15, 0.2) is 5.82 Å². The normalized spacial score (nSPS) is 13.6. The molecule has 1 atom stereocenters. The monoisotopic (exact) mass is 838 g/mol. The van der Waals surface area contributed by atoms with Gasteiger partial charge < -0.3 is 18.9 Å². The van der Waals surface area contributed by atoms with E-state index in [1.807, 2.05) is 100 Å². The van der Waals surface area contributed by atoms with Gasteiger partial charge in [0.1, 0.15) is 11.6 Å². The number of aromatic nitrogens is 6. The first-order valence-corrected chi connectivity index (χ1v) is 21.2. The first-order valence-electron chi connectivity index (χ1n) is 21.2. The minimum atomic E-state index is -1.17. The van der Waals surface area contributed by atoms with Crippen molar-refractivity contribution < 1.29 is 28.5 Å². The predicted molar refractivity (Wildman–Crippen MR) is 238 cm³/mol. The Morgan fingerprint density at radius 3 is 1.92 bits per heavy atom. The molecule has 0 aliphatic heterocycles. The lowest BCUT2D eigenvalue weighted by molar-refractivity contribution is -0.0914. The fourth-order valence-corrected chi connectivity index (χ4v) is 8.74. The fraction of sp³-hybridized carbons (Fsp3) is 0.216. The van der Waals surface area contributed by atoms with Crippen LogP contribution in [0.4, 0.5) is 4.79 Å². The summed E-state index contributed by atoms with van der Waals surface area (Å²) in [6, 6.07) is 52.8. The number of nitrogens with zero attached hydrogens (tertiary/aromatic N) is 6. The summed E-state index contributed by atoms with van der Waals surface area (Å²) in [5.74, 6) is -0.0754. The average Bonchev–Trinajstić information content (AvgIpc) is 3.96. The van der Waals surface area contributed by atoms with E-state index in [-0.39, 0.29) is 11.7 Å². The van der Waals surface area contributed by atoms with Crippen molar-refractivity contribution in [1.29, 1.82) is 0 Å². The SMILES string of the molecule is COc1nc2cccc(C(=O)O[C@@H](C)OC(=O)OC3CCCCC3)c2n1Cc1ccc(-c2ccccc2-c2nnnn2C(c2ccccc2)(c2ccccc2)c2ccccc2)cc1. The van der Waals surface area contributed by atoms with Crippen molar-refractivity contribution in [2.75, 3.05) is 7.11 Å². The van der Waals surface area contributed by atoms with E-state index in [1.165, 1.54) is 6.92 Å². The Balaban J connectivity index is 1.03. The number of rotatable bonds is 13. The molecule has 9 rings (SSSR count). The summed E-state index contributed by atoms with van der Waals surface area (Å²) < 4.78 is 25.9. The second-order valence-corrected chi connectivity index (χ2v) is 15.5. The van der Waals surface area contributed by atoms with Crippen LogP contribution >= 0.6 is 0 Å². The Morgan fingerprint density at radius 1 is 0.698 bits per heavy atom. The number of benzene rings is 6. The van der Waals surface area contributed by atoms with Crippen LogP contribution in [0.15, 0.2) is 158 Å². The van der Waals surface area contributed by atoms with E-state index in [2.05, 4.69) is 64.8 Å². The number of methoxy groups -OCH3 is 1. The molecule has 2 heterocycles. The third-order valence-corrected chi connectivity index (χ3v) is 11.6. The molecule has 63 heavy (non-hydrogen) atoms. The molecule has 0 bridgehead atoms. The van der Waals surface area contributed by atoms with Crippen LogP contribution < -0.4 is 4.74 Å². The first kappa shape index (κ1) is 40.8. The second-order valence-electron chi connectivity index (χ2n) is 15.5. The predicted octanol–water partition coefficient (Wildman–Crippen LogP) is 10.2. The van der Waals surface area contributed by atoms with Gasteiger partial charge in [0, 0.05) is 12.5 Å². The molecule has 12 heteroatoms. The van der Waals surface area contributed by atoms with Gasteiger partial charge in [0.2, 0.25) is 6.29 Å². The Morgan fingerprint density at radius 2 is 1.30 bits per heavy atom. The third kappa shape index (κ3) is 8.15. The van der Waals surface area contributed by atoms with Crippen molar-refractivity contribution in [3.8, 4) is 28.5 Å². The van der Waals surface area contributed by atoms with Gasteiger partial charge in [-0.15, -0.1) is 5.10 Å². The Hall–Kier alpha value is -7.60. The van der Waals surface area contributed by atoms with Crippen LogP contribution in [-0.2, 0) is 26.3 Å². The number of esters is 1. The van der Waals surface area contributed by atoms with Crippen molar-refractivity contribution in [3.63, 3.8) is 0 Å². The summed E-state index contributed by atoms with van der Waals surface area (Å²) in [6.07, 6.45) is 2.53. The number of para-hydroxylation sites is 1. The molecule has 12 nitrogen and oxygen atoms in total. The highest BCUT2D eigenvalue weighted by molar-refractivity contribution is 6.02. The molecule has 0 unspecified atom stereocenters. The molecular weight excluding hydrogens is 793 g/mol. The maximum absolute atomic E-state index is 13.6. The molecule has 1 aliphatic rings. The van der Waals surface area contributed by atoms with E-state index in [9.17, 15) is 9.59 Å². The molecule has 1 aliphatic carbocycles. The highest BCUT2D eigenvalue weighted by Crippen LogP contribution is 2.43. The standard InChI is InChI=1S/C51H46N6O6/c1-35(62-50(59)63-41-24-13-6-14-25-41)61-48(58)44-28-17-29-45-46(44)56(49(52-45)60-2)34-36-30-32-37(33-31-36)42-26-15-16-27-43(42)47-53-54-55-57(47)51(38-18-7-3-8-19-38,39-20-9-4-10-21-39)40-22-11-5-12-23-40/h3-5,7-12,15-23,26-33,35,41H,6,13-14,24-25,34H2,1-2H3/t35-/m1/s1. The molecule has 0 saturated heterocycles. The summed E-state index contributed by atoms with van der Waals surface area (Å²) in [7, 11) is 1.54. The van der Waals surface area contributed by atoms with Crippen LogP contribution in [0.3, 0.4) is 0 Å². The maximum atomic E-state index is 13.6. The van der Waals surface area contributed by atoms with Crippen LogP contribution in [-0.4, -0.2) is 61.4 Å². The number of ether oxygens (including phenoxy) is 4. The number of hydrogen-bond acceptors (Lipinski definition) is 10. The maximum Gasteiger partial charge on any atom is 0.511 e. The van der Waals surface area contributed by atoms with E-state index in [4.69, 9.17) is 29.3 Å². The number of fused-ring (bicyclic) bond motifs is 1. The van der Waals surface area contributed by atoms with Gasteiger partial charge in [-0.1, -0.05) is 152 Å². The third-order valence-electron chi connectivity index (χ3n) is 11.6. The molecule has 0 amide bonds. The minimum Gasteiger partial charge on any atom is -0.468 e. The van der Waals surface area contributed by atoms with Crippen molar-refractivity contribution in [2.45, 2.75) is 63.5 Å². The van der Waals surface area contributed by atoms with E-state index in [1.54, 1.807) is 19.2 Å². The molecule has 0 radical (unpaired) electrons. The lowest BCUT2D eigenvalue weighted by Crippen LogP contribution is -2.39. The molecule has 6 aromatic carbocycles. The van der Waals surface area contributed by atoms with Crippen molar-refractivity contribution in [1.82, 2.24) is 29.8 Å². The van der Waals surface area contributed by atoms with Gasteiger partial charge in [0.25, 0.3) is 6.01 Å². The lowest BCUT2D eigenvalue weighted by atomic mass is 9.77. The summed E-state index contributed by atoms with van der Waals surface area (Å²) >= 11 is 0. The van der Waals surface area contributed by atoms with Gasteiger partial charge >= 0.3 is 12.1 Å². The van der Waals surface area contributed by atoms with Crippen LogP contribution in [0, 0.1) is 0 Å². The zero-order chi connectivity index (χ0) is 43.2. The minimum absolute atomic E-state index is 0.183. The molecule has 316 valence electrons. The zero-order valence-corrected chi connectivity index (χ0v) is 35.0. The lowest BCUT2D eigenvalue weighted by Gasteiger charge is -2.36. The molecule has 8 aromatic rings. The number of carbonyl (C=O) groups excluding carboxylic acids is 2. The zero-order valence-electron chi connectivity index (χ0n) is 35.0. The van der Waals surface area contributed by atoms with Gasteiger partial charge in [-0.05, 0) is 81.6 Å². The van der Waals surface area contributed by atoms with Crippen LogP contribution in [0.2, 0.25) is 0 Å². The molecule has 1 fully saturated rings. The Kier molecular flexibility index (Phi) is 11.8. The molecule has 2 aromatic heterocycles. The largest absolute Gasteiger partial charge is 0.511 e. The molecule has 0 N–H and O–H groups in total. The smallest absolute Gasteiger partial charge is 0.468 e. The first-order chi connectivity index (χ1) is 30.9. The van der Waals surface area contributed by atoms with Gasteiger partial charge in [-0.25, -0.2) is 14.3 Å². The van der Waals surface area contributed by atoms with Crippen LogP contribution in [0.25, 0.3) is 33.5 Å². The summed E-state index contributed by atoms with van der Waals surface area (Å²) in [5.41, 5.74) is 7.12. The van der Waals surface area contributed by atoms with Crippen LogP contribution in [0.5, 0.6) is 6.01 Å². The van der Waals surface area contributed by atoms with E-state index < -0.39 is 24.0 Å². The summed E-state index contributed by atoms with van der Waals surface area (Å²) in [6.45, 7) is 1.82. The quantitative estimate of drug-likeness (QED) is 0.0628. The highest BCUT2D eigenvalue weighted by Gasteiger charge is 2.42. The number of tetrazole rings is 1. The highest BCUT2D eigenvalue weighted by atomic mass is 16.8. The van der Waals surface area contributed by atoms with Gasteiger partial charge in [0.05, 0.1) is 30.3 Å². The van der Waals surface area contributed by atoms with E-state index >= 15 is 0 Å². The molecule has 1 saturated carbocycles.